The fourth-order valence-electron chi connectivity index (χ4n) is 4.82. The van der Waals surface area contributed by atoms with E-state index in [1.165, 1.54) is 28.5 Å². The van der Waals surface area contributed by atoms with Crippen molar-refractivity contribution in [3.63, 3.8) is 0 Å². The molecule has 5 heteroatoms. The van der Waals surface area contributed by atoms with E-state index in [4.69, 9.17) is 0 Å². The van der Waals surface area contributed by atoms with Crippen LogP contribution in [0.15, 0.2) is 78.6 Å². The lowest BCUT2D eigenvalue weighted by atomic mass is 9.91. The lowest BCUT2D eigenvalue weighted by Gasteiger charge is -2.38. The van der Waals surface area contributed by atoms with Crippen LogP contribution in [-0.4, -0.2) is 30.0 Å². The van der Waals surface area contributed by atoms with Gasteiger partial charge in [0.2, 0.25) is 0 Å². The Kier molecular flexibility index (Phi) is 7.41. The number of halogens is 1. The van der Waals surface area contributed by atoms with Gasteiger partial charge in [-0.1, -0.05) is 50.8 Å². The summed E-state index contributed by atoms with van der Waals surface area (Å²) in [6, 6.07) is 17.9. The van der Waals surface area contributed by atoms with Crippen molar-refractivity contribution in [3.05, 3.63) is 107 Å². The van der Waals surface area contributed by atoms with Gasteiger partial charge in [-0.15, -0.1) is 0 Å². The van der Waals surface area contributed by atoms with Crippen LogP contribution in [0, 0.1) is 11.7 Å². The Hall–Kier alpha value is -3.47. The average molecular weight is 459 g/mol. The van der Waals surface area contributed by atoms with Gasteiger partial charge in [-0.05, 0) is 59.4 Å². The third-order valence-electron chi connectivity index (χ3n) is 6.67. The lowest BCUT2D eigenvalue weighted by molar-refractivity contribution is 0.337. The van der Waals surface area contributed by atoms with E-state index in [9.17, 15) is 4.39 Å². The number of anilines is 1. The summed E-state index contributed by atoms with van der Waals surface area (Å²) in [7, 11) is 1.83. The van der Waals surface area contributed by atoms with Crippen LogP contribution in [0.2, 0.25) is 0 Å². The van der Waals surface area contributed by atoms with E-state index in [0.29, 0.717) is 12.5 Å². The molecule has 2 heterocycles. The maximum absolute atomic E-state index is 13.7. The van der Waals surface area contributed by atoms with E-state index in [1.54, 1.807) is 6.07 Å². The van der Waals surface area contributed by atoms with Gasteiger partial charge in [0.1, 0.15) is 5.82 Å². The molecule has 1 aromatic heterocycles. The Balaban J connectivity index is 1.63. The Morgan fingerprint density at radius 3 is 2.71 bits per heavy atom. The maximum atomic E-state index is 13.7. The van der Waals surface area contributed by atoms with Crippen molar-refractivity contribution in [2.75, 3.05) is 25.5 Å². The first-order valence-electron chi connectivity index (χ1n) is 12.1. The zero-order valence-corrected chi connectivity index (χ0v) is 20.4. The number of H-pyrrole nitrogens is 1. The Bertz CT molecular complexity index is 1160. The summed E-state index contributed by atoms with van der Waals surface area (Å²) in [4.78, 5) is 5.67. The van der Waals surface area contributed by atoms with Crippen molar-refractivity contribution in [2.45, 2.75) is 33.2 Å². The second-order valence-corrected chi connectivity index (χ2v) is 9.08. The number of hydrogen-bond donors (Lipinski definition) is 3. The molecule has 1 unspecified atom stereocenters. The molecule has 3 N–H and O–H groups in total. The highest BCUT2D eigenvalue weighted by molar-refractivity contribution is 5.59. The SMILES string of the molecule is C=C(c1ccc[nH]1)N1CC(Cc2cccc(CC)c2)=C(NCc2ccc(F)cc2NC)C(C)C1. The average Bonchev–Trinajstić information content (AvgIpc) is 3.38. The second-order valence-electron chi connectivity index (χ2n) is 9.08. The molecule has 34 heavy (non-hydrogen) atoms. The van der Waals surface area contributed by atoms with Gasteiger partial charge in [0.15, 0.2) is 0 Å². The monoisotopic (exact) mass is 458 g/mol. The number of nitrogens with zero attached hydrogens (tertiary/aromatic N) is 1. The molecule has 0 radical (unpaired) electrons. The van der Waals surface area contributed by atoms with E-state index in [0.717, 1.165) is 48.6 Å². The number of rotatable bonds is 9. The molecule has 0 aliphatic carbocycles. The molecule has 0 saturated carbocycles. The molecular formula is C29H35FN4. The highest BCUT2D eigenvalue weighted by atomic mass is 19.1. The van der Waals surface area contributed by atoms with Crippen LogP contribution in [-0.2, 0) is 19.4 Å². The van der Waals surface area contributed by atoms with Crippen LogP contribution in [0.5, 0.6) is 0 Å². The highest BCUT2D eigenvalue weighted by Crippen LogP contribution is 2.30. The number of aryl methyl sites for hydroxylation is 1. The molecule has 0 saturated heterocycles. The molecular weight excluding hydrogens is 423 g/mol. The van der Waals surface area contributed by atoms with Gasteiger partial charge in [0, 0.05) is 50.2 Å². The van der Waals surface area contributed by atoms with Crippen molar-refractivity contribution < 1.29 is 4.39 Å². The number of nitrogens with one attached hydrogen (secondary N) is 3. The Labute approximate surface area is 202 Å². The molecule has 1 atom stereocenters. The van der Waals surface area contributed by atoms with E-state index in [1.807, 2.05) is 25.4 Å². The van der Waals surface area contributed by atoms with Crippen molar-refractivity contribution >= 4 is 11.4 Å². The predicted octanol–water partition coefficient (Wildman–Crippen LogP) is 5.97. The second kappa shape index (κ2) is 10.6. The summed E-state index contributed by atoms with van der Waals surface area (Å²) >= 11 is 0. The van der Waals surface area contributed by atoms with Gasteiger partial charge in [-0.3, -0.25) is 0 Å². The fourth-order valence-corrected chi connectivity index (χ4v) is 4.82. The summed E-state index contributed by atoms with van der Waals surface area (Å²) in [6.45, 7) is 11.2. The first kappa shape index (κ1) is 23.7. The number of benzene rings is 2. The zero-order chi connectivity index (χ0) is 24.1. The molecule has 1 aliphatic heterocycles. The smallest absolute Gasteiger partial charge is 0.125 e. The van der Waals surface area contributed by atoms with Crippen LogP contribution in [0.25, 0.3) is 5.70 Å². The lowest BCUT2D eigenvalue weighted by Crippen LogP contribution is -2.39. The third-order valence-corrected chi connectivity index (χ3v) is 6.67. The number of aromatic nitrogens is 1. The molecule has 4 rings (SSSR count). The van der Waals surface area contributed by atoms with E-state index >= 15 is 0 Å². The van der Waals surface area contributed by atoms with E-state index in [-0.39, 0.29) is 5.82 Å². The van der Waals surface area contributed by atoms with Crippen LogP contribution in [0.3, 0.4) is 0 Å². The van der Waals surface area contributed by atoms with Gasteiger partial charge in [0.05, 0.1) is 11.4 Å². The van der Waals surface area contributed by atoms with Gasteiger partial charge in [-0.25, -0.2) is 4.39 Å². The van der Waals surface area contributed by atoms with Crippen molar-refractivity contribution in [3.8, 4) is 0 Å². The van der Waals surface area contributed by atoms with Gasteiger partial charge < -0.3 is 20.5 Å². The third kappa shape index (κ3) is 5.36. The molecule has 1 aliphatic rings. The van der Waals surface area contributed by atoms with E-state index in [2.05, 4.69) is 71.3 Å². The molecule has 0 fully saturated rings. The van der Waals surface area contributed by atoms with Crippen molar-refractivity contribution in [2.24, 2.45) is 5.92 Å². The first-order valence-corrected chi connectivity index (χ1v) is 12.1. The minimum atomic E-state index is -0.228. The number of aromatic amines is 1. The largest absolute Gasteiger partial charge is 0.388 e. The Morgan fingerprint density at radius 2 is 1.97 bits per heavy atom. The molecule has 178 valence electrons. The van der Waals surface area contributed by atoms with Gasteiger partial charge >= 0.3 is 0 Å². The quantitative estimate of drug-likeness (QED) is 0.370. The van der Waals surface area contributed by atoms with E-state index < -0.39 is 0 Å². The zero-order valence-electron chi connectivity index (χ0n) is 20.4. The van der Waals surface area contributed by atoms with Crippen LogP contribution < -0.4 is 10.6 Å². The van der Waals surface area contributed by atoms with Crippen LogP contribution in [0.1, 0.15) is 36.2 Å². The normalized spacial score (nSPS) is 16.0. The predicted molar refractivity (Wildman–Crippen MR) is 140 cm³/mol. The minimum absolute atomic E-state index is 0.228. The Morgan fingerprint density at radius 1 is 1.15 bits per heavy atom. The van der Waals surface area contributed by atoms with Gasteiger partial charge in [-0.2, -0.15) is 0 Å². The molecule has 2 aromatic carbocycles. The molecule has 4 nitrogen and oxygen atoms in total. The molecule has 0 amide bonds. The first-order chi connectivity index (χ1) is 16.5. The minimum Gasteiger partial charge on any atom is -0.388 e. The molecule has 3 aromatic rings. The molecule has 0 bridgehead atoms. The summed E-state index contributed by atoms with van der Waals surface area (Å²) < 4.78 is 13.7. The van der Waals surface area contributed by atoms with Crippen LogP contribution in [0.4, 0.5) is 10.1 Å². The van der Waals surface area contributed by atoms with Gasteiger partial charge in [0.25, 0.3) is 0 Å². The van der Waals surface area contributed by atoms with Crippen LogP contribution >= 0.6 is 0 Å². The van der Waals surface area contributed by atoms with Crippen molar-refractivity contribution in [1.29, 1.82) is 0 Å². The fraction of sp³-hybridized carbons (Fsp3) is 0.310. The summed E-state index contributed by atoms with van der Waals surface area (Å²) in [5.74, 6) is 0.0802. The molecule has 0 spiro atoms. The summed E-state index contributed by atoms with van der Waals surface area (Å²) in [5.41, 5.74) is 9.27. The number of hydrogen-bond acceptors (Lipinski definition) is 3. The maximum Gasteiger partial charge on any atom is 0.125 e. The summed E-state index contributed by atoms with van der Waals surface area (Å²) in [5, 5.41) is 6.85. The summed E-state index contributed by atoms with van der Waals surface area (Å²) in [6.07, 6.45) is 3.86. The highest BCUT2D eigenvalue weighted by Gasteiger charge is 2.26. The van der Waals surface area contributed by atoms with Crippen molar-refractivity contribution in [1.82, 2.24) is 15.2 Å². The topological polar surface area (TPSA) is 43.1 Å². The standard InChI is InChI=1S/C29H35FN4/c1-5-22-8-6-9-23(14-22)15-25-19-34(21(3)27-10-7-13-32-27)18-20(2)29(25)33-17-24-11-12-26(30)16-28(24)31-4/h6-14,16,20,31-33H,3,5,15,17-19H2,1-2,4H3.